The van der Waals surface area contributed by atoms with Crippen molar-refractivity contribution < 1.29 is 34.8 Å². The average Bonchev–Trinajstić information content (AvgIpc) is 3.04. The Bertz CT molecular complexity index is 2000. The average molecular weight is 687 g/mol. The second-order valence-corrected chi connectivity index (χ2v) is 13.4. The lowest BCUT2D eigenvalue weighted by Gasteiger charge is -2.12. The Morgan fingerprint density at radius 2 is 0.708 bits per heavy atom. The molecule has 4 N–H and O–H groups in total. The van der Waals surface area contributed by atoms with Gasteiger partial charge < -0.3 is 29.6 Å². The molecule has 5 aromatic carbocycles. The SMILES string of the molecule is Cc1ccccc1S(=O)(=O)Oc1ccc(NC(=O)Nc2ccc(NC(=O)Nc3ccc(OS(=O)(=O)c4ccccc4C)cc3)cc2)cc1. The van der Waals surface area contributed by atoms with Crippen LogP contribution >= 0.6 is 0 Å². The van der Waals surface area contributed by atoms with Crippen LogP contribution in [0.5, 0.6) is 11.5 Å². The molecule has 14 heteroatoms. The number of hydrogen-bond acceptors (Lipinski definition) is 8. The van der Waals surface area contributed by atoms with Gasteiger partial charge in [0.05, 0.1) is 0 Å². The molecule has 0 aliphatic carbocycles. The monoisotopic (exact) mass is 686 g/mol. The minimum atomic E-state index is -4.02. The number of urea groups is 2. The lowest BCUT2D eigenvalue weighted by Crippen LogP contribution is -2.20. The number of carbonyl (C=O) groups is 2. The van der Waals surface area contributed by atoms with Gasteiger partial charge in [-0.3, -0.25) is 0 Å². The van der Waals surface area contributed by atoms with E-state index in [9.17, 15) is 26.4 Å². The molecular weight excluding hydrogens is 657 g/mol. The van der Waals surface area contributed by atoms with E-state index in [1.807, 2.05) is 0 Å². The van der Waals surface area contributed by atoms with E-state index in [0.29, 0.717) is 33.9 Å². The summed E-state index contributed by atoms with van der Waals surface area (Å²) >= 11 is 0. The van der Waals surface area contributed by atoms with Crippen molar-refractivity contribution in [2.24, 2.45) is 0 Å². The van der Waals surface area contributed by atoms with Crippen molar-refractivity contribution in [2.45, 2.75) is 23.6 Å². The number of anilines is 4. The second kappa shape index (κ2) is 14.3. The summed E-state index contributed by atoms with van der Waals surface area (Å²) in [7, 11) is -8.03. The van der Waals surface area contributed by atoms with Crippen LogP contribution in [0.25, 0.3) is 0 Å². The number of carbonyl (C=O) groups excluding carboxylic acids is 2. The summed E-state index contributed by atoms with van der Waals surface area (Å²) in [5.41, 5.74) is 2.80. The highest BCUT2D eigenvalue weighted by Crippen LogP contribution is 2.25. The van der Waals surface area contributed by atoms with Crippen LogP contribution in [0.15, 0.2) is 131 Å². The van der Waals surface area contributed by atoms with Gasteiger partial charge in [0.15, 0.2) is 0 Å². The molecule has 0 aliphatic heterocycles. The van der Waals surface area contributed by atoms with Gasteiger partial charge in [0.1, 0.15) is 21.3 Å². The molecule has 48 heavy (non-hydrogen) atoms. The molecule has 246 valence electrons. The first-order chi connectivity index (χ1) is 22.9. The third-order valence-electron chi connectivity index (χ3n) is 6.76. The molecule has 0 heterocycles. The van der Waals surface area contributed by atoms with Crippen molar-refractivity contribution in [3.63, 3.8) is 0 Å². The Kier molecular flexibility index (Phi) is 9.96. The first-order valence-electron chi connectivity index (χ1n) is 14.3. The smallest absolute Gasteiger partial charge is 0.339 e. The van der Waals surface area contributed by atoms with Crippen molar-refractivity contribution in [3.8, 4) is 11.5 Å². The fourth-order valence-corrected chi connectivity index (χ4v) is 6.75. The van der Waals surface area contributed by atoms with Gasteiger partial charge in [-0.05, 0) is 110 Å². The molecule has 4 amide bonds. The Hall–Kier alpha value is -5.86. The van der Waals surface area contributed by atoms with Gasteiger partial charge in [-0.15, -0.1) is 0 Å². The van der Waals surface area contributed by atoms with Crippen molar-refractivity contribution in [1.29, 1.82) is 0 Å². The van der Waals surface area contributed by atoms with E-state index in [4.69, 9.17) is 8.37 Å². The van der Waals surface area contributed by atoms with Gasteiger partial charge in [0.25, 0.3) is 0 Å². The summed E-state index contributed by atoms with van der Waals surface area (Å²) in [5, 5.41) is 10.6. The maximum atomic E-state index is 12.6. The highest BCUT2D eigenvalue weighted by molar-refractivity contribution is 7.87. The van der Waals surface area contributed by atoms with Gasteiger partial charge in [0, 0.05) is 22.7 Å². The highest BCUT2D eigenvalue weighted by Gasteiger charge is 2.20. The molecule has 0 fully saturated rings. The summed E-state index contributed by atoms with van der Waals surface area (Å²) in [6.07, 6.45) is 0. The molecule has 0 spiro atoms. The van der Waals surface area contributed by atoms with Gasteiger partial charge in [0.2, 0.25) is 0 Å². The maximum Gasteiger partial charge on any atom is 0.339 e. The van der Waals surface area contributed by atoms with E-state index in [0.717, 1.165) is 0 Å². The predicted octanol–water partition coefficient (Wildman–Crippen LogP) is 7.13. The molecule has 12 nitrogen and oxygen atoms in total. The van der Waals surface area contributed by atoms with Crippen molar-refractivity contribution in [2.75, 3.05) is 21.3 Å². The molecule has 5 aromatic rings. The molecular formula is C34H30N4O8S2. The second-order valence-electron chi connectivity index (χ2n) is 10.4. The van der Waals surface area contributed by atoms with Crippen molar-refractivity contribution in [3.05, 3.63) is 132 Å². The topological polar surface area (TPSA) is 169 Å². The van der Waals surface area contributed by atoms with Gasteiger partial charge in [-0.1, -0.05) is 36.4 Å². The fourth-order valence-electron chi connectivity index (χ4n) is 4.43. The summed E-state index contributed by atoms with van der Waals surface area (Å²) in [6, 6.07) is 29.9. The number of rotatable bonds is 10. The summed E-state index contributed by atoms with van der Waals surface area (Å²) in [4.78, 5) is 25.1. The Balaban J connectivity index is 1.09. The lowest BCUT2D eigenvalue weighted by atomic mass is 10.2. The molecule has 0 bridgehead atoms. The van der Waals surface area contributed by atoms with E-state index >= 15 is 0 Å². The predicted molar refractivity (Wildman–Crippen MR) is 183 cm³/mol. The Morgan fingerprint density at radius 3 is 1.00 bits per heavy atom. The Morgan fingerprint density at radius 1 is 0.438 bits per heavy atom. The van der Waals surface area contributed by atoms with E-state index < -0.39 is 32.3 Å². The van der Waals surface area contributed by atoms with Gasteiger partial charge >= 0.3 is 32.3 Å². The fraction of sp³-hybridized carbons (Fsp3) is 0.0588. The van der Waals surface area contributed by atoms with Crippen LogP contribution in [-0.2, 0) is 20.2 Å². The zero-order valence-electron chi connectivity index (χ0n) is 25.6. The standard InChI is InChI=1S/C34H30N4O8S2/c1-23-7-3-5-9-31(23)47(41,42)45-29-19-15-27(16-20-29)37-33(39)35-25-11-13-26(14-12-25)36-34(40)38-28-17-21-30(22-18-28)46-48(43,44)32-10-6-4-8-24(32)2/h3-22H,1-2H3,(H2,35,37,39)(H2,36,38,40). The molecule has 0 aliphatic rings. The molecule has 0 unspecified atom stereocenters. The number of aryl methyl sites for hydroxylation is 2. The summed E-state index contributed by atoms with van der Waals surface area (Å²) < 4.78 is 60.8. The number of nitrogens with one attached hydrogen (secondary N) is 4. The number of hydrogen-bond donors (Lipinski definition) is 4. The zero-order chi connectivity index (χ0) is 34.3. The molecule has 0 radical (unpaired) electrons. The third kappa shape index (κ3) is 8.69. The summed E-state index contributed by atoms with van der Waals surface area (Å²) in [6.45, 7) is 3.35. The maximum absolute atomic E-state index is 12.6. The van der Waals surface area contributed by atoms with Crippen LogP contribution in [0.3, 0.4) is 0 Å². The normalized spacial score (nSPS) is 11.2. The molecule has 0 saturated heterocycles. The van der Waals surface area contributed by atoms with Crippen LogP contribution < -0.4 is 29.6 Å². The third-order valence-corrected chi connectivity index (χ3v) is 9.58. The first kappa shape index (κ1) is 33.5. The molecule has 0 atom stereocenters. The van der Waals surface area contributed by atoms with Gasteiger partial charge in [-0.2, -0.15) is 16.8 Å². The lowest BCUT2D eigenvalue weighted by molar-refractivity contribution is 0.261. The van der Waals surface area contributed by atoms with Crippen molar-refractivity contribution in [1.82, 2.24) is 0 Å². The van der Waals surface area contributed by atoms with Gasteiger partial charge in [-0.25, -0.2) is 9.59 Å². The van der Waals surface area contributed by atoms with E-state index in [1.54, 1.807) is 74.5 Å². The minimum absolute atomic E-state index is 0.0696. The van der Waals surface area contributed by atoms with Crippen LogP contribution in [0, 0.1) is 13.8 Å². The van der Waals surface area contributed by atoms with Crippen LogP contribution in [0.2, 0.25) is 0 Å². The number of benzene rings is 5. The van der Waals surface area contributed by atoms with Crippen LogP contribution in [0.4, 0.5) is 32.3 Å². The Labute approximate surface area is 278 Å². The molecule has 0 aromatic heterocycles. The van der Waals surface area contributed by atoms with Crippen LogP contribution in [0.1, 0.15) is 11.1 Å². The quantitative estimate of drug-likeness (QED) is 0.113. The minimum Gasteiger partial charge on any atom is -0.379 e. The van der Waals surface area contributed by atoms with E-state index in [-0.39, 0.29) is 21.3 Å². The molecule has 5 rings (SSSR count). The largest absolute Gasteiger partial charge is 0.379 e. The number of amides is 4. The zero-order valence-corrected chi connectivity index (χ0v) is 27.3. The first-order valence-corrected chi connectivity index (χ1v) is 17.2. The molecule has 0 saturated carbocycles. The van der Waals surface area contributed by atoms with E-state index in [1.165, 1.54) is 60.7 Å². The van der Waals surface area contributed by atoms with Crippen LogP contribution in [-0.4, -0.2) is 28.9 Å². The van der Waals surface area contributed by atoms with Crippen molar-refractivity contribution >= 4 is 55.0 Å². The highest BCUT2D eigenvalue weighted by atomic mass is 32.2. The van der Waals surface area contributed by atoms with E-state index in [2.05, 4.69) is 21.3 Å². The summed E-state index contributed by atoms with van der Waals surface area (Å²) in [5.74, 6) is 0.179.